The Morgan fingerprint density at radius 3 is 2.60 bits per heavy atom. The molecule has 0 fully saturated rings. The number of hydrogen-bond acceptors (Lipinski definition) is 7. The van der Waals surface area contributed by atoms with Gasteiger partial charge in [0, 0.05) is 42.7 Å². The molecule has 0 saturated carbocycles. The van der Waals surface area contributed by atoms with Gasteiger partial charge >= 0.3 is 5.97 Å². The molecule has 4 rings (SSSR count). The third-order valence-corrected chi connectivity index (χ3v) is 6.39. The lowest BCUT2D eigenvalue weighted by atomic mass is 9.97. The number of hydrogen-bond donors (Lipinski definition) is 3. The van der Waals surface area contributed by atoms with Gasteiger partial charge in [-0.2, -0.15) is 5.26 Å². The van der Waals surface area contributed by atoms with Crippen LogP contribution in [0.1, 0.15) is 34.2 Å². The van der Waals surface area contributed by atoms with E-state index >= 15 is 0 Å². The van der Waals surface area contributed by atoms with E-state index in [-0.39, 0.29) is 19.6 Å². The Labute approximate surface area is 233 Å². The second-order valence-electron chi connectivity index (χ2n) is 9.38. The van der Waals surface area contributed by atoms with Gasteiger partial charge in [-0.1, -0.05) is 54.6 Å². The van der Waals surface area contributed by atoms with E-state index in [9.17, 15) is 9.90 Å². The lowest BCUT2D eigenvalue weighted by Crippen LogP contribution is -2.28. The van der Waals surface area contributed by atoms with E-state index in [1.807, 2.05) is 42.5 Å². The summed E-state index contributed by atoms with van der Waals surface area (Å²) in [6.45, 7) is 3.13. The summed E-state index contributed by atoms with van der Waals surface area (Å²) in [6.07, 6.45) is 1.80. The van der Waals surface area contributed by atoms with Gasteiger partial charge in [0.05, 0.1) is 18.1 Å². The Morgan fingerprint density at radius 1 is 1.00 bits per heavy atom. The van der Waals surface area contributed by atoms with Crippen molar-refractivity contribution in [2.75, 3.05) is 6.54 Å². The summed E-state index contributed by atoms with van der Waals surface area (Å²) in [5.74, 6) is 0.130. The predicted molar refractivity (Wildman–Crippen MR) is 151 cm³/mol. The number of aromatic nitrogens is 1. The molecule has 0 aliphatic heterocycles. The first-order chi connectivity index (χ1) is 19.4. The van der Waals surface area contributed by atoms with Gasteiger partial charge < -0.3 is 25.0 Å². The molecule has 0 spiro atoms. The largest absolute Gasteiger partial charge is 0.489 e. The molecule has 0 saturated heterocycles. The number of aliphatic hydroxyl groups is 1. The van der Waals surface area contributed by atoms with Crippen LogP contribution in [0.15, 0.2) is 85.2 Å². The summed E-state index contributed by atoms with van der Waals surface area (Å²) in [6, 6.07) is 25.7. The van der Waals surface area contributed by atoms with Gasteiger partial charge in [0.15, 0.2) is 0 Å². The van der Waals surface area contributed by atoms with Crippen molar-refractivity contribution >= 4 is 5.97 Å². The lowest BCUT2D eigenvalue weighted by molar-refractivity contribution is -0.139. The van der Waals surface area contributed by atoms with E-state index in [0.29, 0.717) is 30.2 Å². The highest BCUT2D eigenvalue weighted by atomic mass is 16.5. The van der Waals surface area contributed by atoms with Crippen molar-refractivity contribution in [3.8, 4) is 28.7 Å². The van der Waals surface area contributed by atoms with Crippen LogP contribution < -0.4 is 14.8 Å². The molecule has 0 bridgehead atoms. The zero-order valence-electron chi connectivity index (χ0n) is 22.2. The number of nitriles is 1. The monoisotopic (exact) mass is 537 g/mol. The molecule has 0 aliphatic carbocycles. The molecular formula is C32H31N3O5. The second kappa shape index (κ2) is 13.9. The molecule has 40 heavy (non-hydrogen) atoms. The van der Waals surface area contributed by atoms with Gasteiger partial charge in [-0.3, -0.25) is 9.78 Å². The topological polar surface area (TPSA) is 125 Å². The van der Waals surface area contributed by atoms with Crippen molar-refractivity contribution in [3.05, 3.63) is 113 Å². The Bertz CT molecular complexity index is 1480. The van der Waals surface area contributed by atoms with Crippen molar-refractivity contribution in [2.24, 2.45) is 0 Å². The van der Waals surface area contributed by atoms with Crippen molar-refractivity contribution < 1.29 is 24.5 Å². The van der Waals surface area contributed by atoms with Crippen LogP contribution in [-0.4, -0.2) is 33.8 Å². The second-order valence-corrected chi connectivity index (χ2v) is 9.38. The van der Waals surface area contributed by atoms with E-state index in [1.165, 1.54) is 6.20 Å². The van der Waals surface area contributed by atoms with Crippen molar-refractivity contribution in [1.82, 2.24) is 10.3 Å². The molecule has 3 N–H and O–H groups in total. The zero-order valence-corrected chi connectivity index (χ0v) is 22.2. The van der Waals surface area contributed by atoms with Crippen LogP contribution in [0.25, 0.3) is 11.1 Å². The molecule has 3 aromatic carbocycles. The third-order valence-electron chi connectivity index (χ3n) is 6.39. The fourth-order valence-electron chi connectivity index (χ4n) is 4.27. The molecule has 1 aromatic heterocycles. The Morgan fingerprint density at radius 2 is 1.82 bits per heavy atom. The molecule has 8 heteroatoms. The molecule has 204 valence electrons. The van der Waals surface area contributed by atoms with Crippen LogP contribution in [0.4, 0.5) is 0 Å². The minimum Gasteiger partial charge on any atom is -0.489 e. The maximum absolute atomic E-state index is 10.8. The molecule has 0 unspecified atom stereocenters. The number of carbonyl (C=O) groups is 1. The highest BCUT2D eigenvalue weighted by molar-refractivity contribution is 5.68. The van der Waals surface area contributed by atoms with Crippen LogP contribution in [0.3, 0.4) is 0 Å². The van der Waals surface area contributed by atoms with E-state index < -0.39 is 12.1 Å². The van der Waals surface area contributed by atoms with Crippen LogP contribution in [-0.2, 0) is 24.6 Å². The molecule has 4 aromatic rings. The number of carboxylic acids is 1. The smallest absolute Gasteiger partial charge is 0.306 e. The summed E-state index contributed by atoms with van der Waals surface area (Å²) in [7, 11) is 0. The average molecular weight is 538 g/mol. The molecule has 1 atom stereocenters. The molecular weight excluding hydrogens is 506 g/mol. The van der Waals surface area contributed by atoms with Gasteiger partial charge in [0.25, 0.3) is 0 Å². The highest BCUT2D eigenvalue weighted by Gasteiger charge is 2.12. The molecule has 0 radical (unpaired) electrons. The van der Waals surface area contributed by atoms with E-state index in [4.69, 9.17) is 19.8 Å². The Balaban J connectivity index is 1.49. The Hall–Kier alpha value is -4.71. The van der Waals surface area contributed by atoms with Crippen molar-refractivity contribution in [2.45, 2.75) is 39.2 Å². The lowest BCUT2D eigenvalue weighted by Gasteiger charge is -2.17. The number of aliphatic carboxylic acids is 1. The highest BCUT2D eigenvalue weighted by Crippen LogP contribution is 2.29. The van der Waals surface area contributed by atoms with Crippen molar-refractivity contribution in [1.29, 1.82) is 5.26 Å². The fraction of sp³-hybridized carbons (Fsp3) is 0.219. The van der Waals surface area contributed by atoms with Crippen LogP contribution in [0.2, 0.25) is 0 Å². The maximum Gasteiger partial charge on any atom is 0.306 e. The van der Waals surface area contributed by atoms with Gasteiger partial charge in [-0.05, 0) is 41.3 Å². The quantitative estimate of drug-likeness (QED) is 0.217. The van der Waals surface area contributed by atoms with Crippen LogP contribution >= 0.6 is 0 Å². The molecule has 8 nitrogen and oxygen atoms in total. The van der Waals surface area contributed by atoms with Gasteiger partial charge in [-0.25, -0.2) is 0 Å². The number of pyridine rings is 1. The first-order valence-electron chi connectivity index (χ1n) is 12.9. The van der Waals surface area contributed by atoms with E-state index in [2.05, 4.69) is 47.6 Å². The number of nitrogens with one attached hydrogen (secondary N) is 1. The first kappa shape index (κ1) is 28.3. The van der Waals surface area contributed by atoms with Gasteiger partial charge in [0.2, 0.25) is 0 Å². The predicted octanol–water partition coefficient (Wildman–Crippen LogP) is 5.01. The summed E-state index contributed by atoms with van der Waals surface area (Å²) in [5, 5.41) is 31.0. The van der Waals surface area contributed by atoms with E-state index in [0.717, 1.165) is 33.4 Å². The number of carboxylic acid groups (broad SMARTS) is 1. The summed E-state index contributed by atoms with van der Waals surface area (Å²) >= 11 is 0. The van der Waals surface area contributed by atoms with Gasteiger partial charge in [-0.15, -0.1) is 0 Å². The first-order valence-corrected chi connectivity index (χ1v) is 12.9. The number of ether oxygens (including phenoxy) is 2. The molecule has 0 aliphatic rings. The van der Waals surface area contributed by atoms with Crippen LogP contribution in [0.5, 0.6) is 11.5 Å². The number of nitrogens with zero attached hydrogens (tertiary/aromatic N) is 2. The van der Waals surface area contributed by atoms with Gasteiger partial charge in [0.1, 0.15) is 30.8 Å². The zero-order chi connectivity index (χ0) is 28.3. The minimum atomic E-state index is -1.06. The summed E-state index contributed by atoms with van der Waals surface area (Å²) < 4.78 is 12.3. The summed E-state index contributed by atoms with van der Waals surface area (Å²) in [5.41, 5.74) is 6.53. The van der Waals surface area contributed by atoms with Crippen LogP contribution in [0, 0.1) is 18.3 Å². The summed E-state index contributed by atoms with van der Waals surface area (Å²) in [4.78, 5) is 14.9. The SMILES string of the molecule is Cc1c(COc2ccc(CNC[C@@H](O)CC(=O)O)c(OCc3cncc(C#N)c3)c2)cccc1-c1ccccc1. The maximum atomic E-state index is 10.8. The Kier molecular flexibility index (Phi) is 9.83. The van der Waals surface area contributed by atoms with Crippen molar-refractivity contribution in [3.63, 3.8) is 0 Å². The minimum absolute atomic E-state index is 0.120. The third kappa shape index (κ3) is 7.90. The number of aliphatic hydroxyl groups excluding tert-OH is 1. The normalized spacial score (nSPS) is 11.4. The number of rotatable bonds is 13. The number of benzene rings is 3. The standard InChI is InChI=1S/C32H31N3O5/c1-22-27(8-5-9-30(22)25-6-3-2-4-7-25)21-39-29-11-10-26(18-35-19-28(36)13-32(37)38)31(14-29)40-20-24-12-23(15-33)16-34-17-24/h2-12,14,16-17,28,35-36H,13,18-21H2,1H3,(H,37,38)/t28-/m0/s1. The fourth-order valence-corrected chi connectivity index (χ4v) is 4.27. The average Bonchev–Trinajstić information content (AvgIpc) is 2.96. The molecule has 0 amide bonds. The van der Waals surface area contributed by atoms with E-state index in [1.54, 1.807) is 12.3 Å². The molecule has 1 heterocycles.